The van der Waals surface area contributed by atoms with Gasteiger partial charge in [-0.3, -0.25) is 29.2 Å². The third-order valence-corrected chi connectivity index (χ3v) is 8.37. The van der Waals surface area contributed by atoms with Crippen molar-refractivity contribution in [2.75, 3.05) is 13.1 Å². The van der Waals surface area contributed by atoms with Crippen molar-refractivity contribution >= 4 is 57.4 Å². The summed E-state index contributed by atoms with van der Waals surface area (Å²) in [5.41, 5.74) is 37.2. The number of primary amides is 1. The third kappa shape index (κ3) is 10.9. The number of H-pyrrole nitrogens is 2. The standard InChI is InChI=1S/C34H47N13O4/c35-23(15-19-17-43-24-9-3-1-7-21(19)24)30(49)45-26(11-5-13-41-33(37)38)31(50)46-27(12-6-14-42-34(39)40)32(51)47-28(29(36)48)16-20-18-44-25-10-4-2-8-22(20)25/h1-4,7-10,17-18,23,26-28,43-44H,5-6,11-16,35H2,(H2,36,48)(H,45,49)(H,46,50)(H,47,51)(H4,37,38,41)(H4,39,40,42)/t23-,26-,27-,28-/m0/s1. The molecule has 4 atom stereocenters. The number of para-hydroxylation sites is 2. The van der Waals surface area contributed by atoms with Crippen LogP contribution in [0.3, 0.4) is 0 Å². The highest BCUT2D eigenvalue weighted by molar-refractivity contribution is 5.95. The van der Waals surface area contributed by atoms with Crippen molar-refractivity contribution in [1.82, 2.24) is 25.9 Å². The van der Waals surface area contributed by atoms with Gasteiger partial charge in [0, 0.05) is 53.7 Å². The Balaban J connectivity index is 1.49. The lowest BCUT2D eigenvalue weighted by molar-refractivity contribution is -0.133. The molecule has 0 fully saturated rings. The number of carbonyl (C=O) groups excluding carboxylic acids is 4. The molecule has 2 aromatic heterocycles. The fourth-order valence-electron chi connectivity index (χ4n) is 5.74. The molecule has 17 nitrogen and oxygen atoms in total. The lowest BCUT2D eigenvalue weighted by Crippen LogP contribution is -2.58. The smallest absolute Gasteiger partial charge is 0.243 e. The van der Waals surface area contributed by atoms with E-state index >= 15 is 0 Å². The number of amides is 4. The largest absolute Gasteiger partial charge is 0.370 e. The Labute approximate surface area is 294 Å². The molecule has 0 radical (unpaired) electrons. The maximum Gasteiger partial charge on any atom is 0.243 e. The number of guanidine groups is 2. The zero-order valence-corrected chi connectivity index (χ0v) is 28.2. The number of aromatic nitrogens is 2. The minimum Gasteiger partial charge on any atom is -0.370 e. The van der Waals surface area contributed by atoms with Crippen molar-refractivity contribution in [3.8, 4) is 0 Å². The Morgan fingerprint density at radius 2 is 1.04 bits per heavy atom. The van der Waals surface area contributed by atoms with E-state index < -0.39 is 47.8 Å². The lowest BCUT2D eigenvalue weighted by atomic mass is 10.0. The van der Waals surface area contributed by atoms with Crippen LogP contribution in [0.2, 0.25) is 0 Å². The molecule has 4 amide bonds. The number of hydrogen-bond acceptors (Lipinski definition) is 7. The number of aliphatic imine (C=N–C) groups is 2. The van der Waals surface area contributed by atoms with Crippen LogP contribution < -0.4 is 50.4 Å². The maximum atomic E-state index is 13.8. The summed E-state index contributed by atoms with van der Waals surface area (Å²) in [6.07, 6.45) is 4.71. The Morgan fingerprint density at radius 1 is 0.608 bits per heavy atom. The van der Waals surface area contributed by atoms with Gasteiger partial charge in [-0.1, -0.05) is 36.4 Å². The maximum absolute atomic E-state index is 13.8. The number of aromatic amines is 2. The Kier molecular flexibility index (Phi) is 13.3. The van der Waals surface area contributed by atoms with Crippen molar-refractivity contribution in [3.63, 3.8) is 0 Å². The van der Waals surface area contributed by atoms with E-state index in [9.17, 15) is 19.2 Å². The van der Waals surface area contributed by atoms with E-state index in [4.69, 9.17) is 34.4 Å². The first-order valence-corrected chi connectivity index (χ1v) is 16.6. The summed E-state index contributed by atoms with van der Waals surface area (Å²) in [6.45, 7) is 0.373. The summed E-state index contributed by atoms with van der Waals surface area (Å²) in [7, 11) is 0. The molecule has 0 aliphatic rings. The number of hydrogen-bond donors (Lipinski definition) is 11. The molecule has 4 rings (SSSR count). The van der Waals surface area contributed by atoms with E-state index in [1.54, 1.807) is 12.4 Å². The summed E-state index contributed by atoms with van der Waals surface area (Å²) >= 11 is 0. The molecule has 17 heteroatoms. The molecule has 0 unspecified atom stereocenters. The fraction of sp³-hybridized carbons (Fsp3) is 0.353. The number of nitrogens with two attached hydrogens (primary N) is 6. The second-order valence-corrected chi connectivity index (χ2v) is 12.2. The first kappa shape index (κ1) is 37.7. The molecule has 51 heavy (non-hydrogen) atoms. The van der Waals surface area contributed by atoms with Gasteiger partial charge >= 0.3 is 0 Å². The van der Waals surface area contributed by atoms with E-state index in [-0.39, 0.29) is 50.7 Å². The zero-order chi connectivity index (χ0) is 36.9. The van der Waals surface area contributed by atoms with E-state index in [1.165, 1.54) is 0 Å². The summed E-state index contributed by atoms with van der Waals surface area (Å²) in [5, 5.41) is 9.97. The summed E-state index contributed by atoms with van der Waals surface area (Å²) in [5.74, 6) is -2.87. The van der Waals surface area contributed by atoms with Crippen molar-refractivity contribution in [2.45, 2.75) is 62.7 Å². The highest BCUT2D eigenvalue weighted by Crippen LogP contribution is 2.20. The Bertz CT molecular complexity index is 1870. The molecule has 17 N–H and O–H groups in total. The quantitative estimate of drug-likeness (QED) is 0.0318. The molecule has 2 heterocycles. The van der Waals surface area contributed by atoms with Crippen LogP contribution in [0.4, 0.5) is 0 Å². The molecule has 0 saturated carbocycles. The normalized spacial score (nSPS) is 13.4. The van der Waals surface area contributed by atoms with E-state index in [2.05, 4.69) is 35.9 Å². The molecular formula is C34H47N13O4. The molecule has 4 aromatic rings. The lowest BCUT2D eigenvalue weighted by Gasteiger charge is -2.25. The third-order valence-electron chi connectivity index (χ3n) is 8.37. The van der Waals surface area contributed by atoms with E-state index in [0.717, 1.165) is 32.9 Å². The van der Waals surface area contributed by atoms with Crippen LogP contribution in [-0.2, 0) is 32.0 Å². The van der Waals surface area contributed by atoms with Crippen LogP contribution in [0, 0.1) is 0 Å². The van der Waals surface area contributed by atoms with Crippen LogP contribution in [-0.4, -0.2) is 82.8 Å². The molecule has 2 aromatic carbocycles. The van der Waals surface area contributed by atoms with Crippen LogP contribution >= 0.6 is 0 Å². The first-order valence-electron chi connectivity index (χ1n) is 16.6. The molecule has 0 spiro atoms. The SMILES string of the molecule is NC(=O)[C@H](Cc1c[nH]c2ccccc12)NC(=O)[C@H](CCCN=C(N)N)NC(=O)[C@H](CCCN=C(N)N)NC(=O)[C@@H](N)Cc1c[nH]c2ccccc12. The molecular weight excluding hydrogens is 654 g/mol. The molecule has 0 aliphatic carbocycles. The van der Waals surface area contributed by atoms with Gasteiger partial charge in [-0.15, -0.1) is 0 Å². The fourth-order valence-corrected chi connectivity index (χ4v) is 5.74. The first-order chi connectivity index (χ1) is 24.4. The molecule has 0 aliphatic heterocycles. The predicted molar refractivity (Wildman–Crippen MR) is 197 cm³/mol. The number of rotatable bonds is 19. The highest BCUT2D eigenvalue weighted by Gasteiger charge is 2.30. The number of fused-ring (bicyclic) bond motifs is 2. The second kappa shape index (κ2) is 18.1. The average Bonchev–Trinajstić information content (AvgIpc) is 3.70. The Morgan fingerprint density at radius 3 is 1.51 bits per heavy atom. The van der Waals surface area contributed by atoms with E-state index in [1.807, 2.05) is 48.5 Å². The van der Waals surface area contributed by atoms with Gasteiger partial charge in [-0.2, -0.15) is 0 Å². The van der Waals surface area contributed by atoms with Gasteiger partial charge in [-0.05, 0) is 55.4 Å². The van der Waals surface area contributed by atoms with Crippen LogP contribution in [0.5, 0.6) is 0 Å². The molecule has 272 valence electrons. The summed E-state index contributed by atoms with van der Waals surface area (Å²) in [4.78, 5) is 67.6. The van der Waals surface area contributed by atoms with Crippen molar-refractivity contribution in [3.05, 3.63) is 72.1 Å². The van der Waals surface area contributed by atoms with Crippen molar-refractivity contribution < 1.29 is 19.2 Å². The van der Waals surface area contributed by atoms with Gasteiger partial charge in [0.15, 0.2) is 11.9 Å². The van der Waals surface area contributed by atoms with Gasteiger partial charge in [-0.25, -0.2) is 0 Å². The van der Waals surface area contributed by atoms with Gasteiger partial charge < -0.3 is 60.3 Å². The summed E-state index contributed by atoms with van der Waals surface area (Å²) < 4.78 is 0. The van der Waals surface area contributed by atoms with Crippen LogP contribution in [0.25, 0.3) is 21.8 Å². The topological polar surface area (TPSA) is 317 Å². The molecule has 0 bridgehead atoms. The second-order valence-electron chi connectivity index (χ2n) is 12.2. The number of carbonyl (C=O) groups is 4. The minimum absolute atomic E-state index is 0.0989. The van der Waals surface area contributed by atoms with E-state index in [0.29, 0.717) is 12.8 Å². The number of benzene rings is 2. The van der Waals surface area contributed by atoms with Crippen LogP contribution in [0.15, 0.2) is 70.9 Å². The van der Waals surface area contributed by atoms with Crippen molar-refractivity contribution in [1.29, 1.82) is 0 Å². The van der Waals surface area contributed by atoms with Crippen LogP contribution in [0.1, 0.15) is 36.8 Å². The zero-order valence-electron chi connectivity index (χ0n) is 28.2. The monoisotopic (exact) mass is 701 g/mol. The predicted octanol–water partition coefficient (Wildman–Crippen LogP) is -1.19. The Hall–Kier alpha value is -6.10. The summed E-state index contributed by atoms with van der Waals surface area (Å²) in [6, 6.07) is 10.8. The van der Waals surface area contributed by atoms with Gasteiger partial charge in [0.1, 0.15) is 18.1 Å². The van der Waals surface area contributed by atoms with Gasteiger partial charge in [0.2, 0.25) is 23.6 Å². The average molecular weight is 702 g/mol. The van der Waals surface area contributed by atoms with Crippen molar-refractivity contribution in [2.24, 2.45) is 44.4 Å². The van der Waals surface area contributed by atoms with Gasteiger partial charge in [0.05, 0.1) is 6.04 Å². The highest BCUT2D eigenvalue weighted by atomic mass is 16.2. The number of nitrogens with one attached hydrogen (secondary N) is 5. The minimum atomic E-state index is -1.14. The van der Waals surface area contributed by atoms with Gasteiger partial charge in [0.25, 0.3) is 0 Å². The molecule has 0 saturated heterocycles. The number of nitrogens with zero attached hydrogens (tertiary/aromatic N) is 2.